The molecule has 0 unspecified atom stereocenters. The molecule has 15 heavy (non-hydrogen) atoms. The Bertz CT molecular complexity index is 265. The second-order valence-electron chi connectivity index (χ2n) is 1.82. The van der Waals surface area contributed by atoms with Gasteiger partial charge in [0.05, 0.1) is 0 Å². The quantitative estimate of drug-likeness (QED) is 0.550. The normalized spacial score (nSPS) is 6.13. The molecule has 95 valence electrons. The average Bonchev–Trinajstić information content (AvgIpc) is 1.88. The van der Waals surface area contributed by atoms with Gasteiger partial charge in [-0.15, -0.1) is 0 Å². The molecule has 0 aliphatic heterocycles. The molecule has 0 aliphatic rings. The summed E-state index contributed by atoms with van der Waals surface area (Å²) in [6, 6.07) is 5.81. The maximum absolute atomic E-state index is 10.3. The van der Waals surface area contributed by atoms with Crippen LogP contribution in [0, 0.1) is 0 Å². The molecule has 1 aromatic rings. The molecule has 0 spiro atoms. The first-order valence-electron chi connectivity index (χ1n) is 2.73. The van der Waals surface area contributed by atoms with Crippen LogP contribution >= 0.6 is 0 Å². The summed E-state index contributed by atoms with van der Waals surface area (Å²) in [5.74, 6) is -1.31. The Balaban J connectivity index is -0.0000000667. The number of carboxylic acids is 1. The molecule has 0 fully saturated rings. The molecule has 1 radical (unpaired) electrons. The fourth-order valence-electron chi connectivity index (χ4n) is 0.654. The molecule has 0 saturated heterocycles. The number of rotatable bonds is 1. The van der Waals surface area contributed by atoms with Gasteiger partial charge < -0.3 is 32.1 Å². The van der Waals surface area contributed by atoms with E-state index >= 15 is 0 Å². The standard InChI is InChI=1S/C7H6O3.Cu.4H2O/c8-6-4-2-1-3-5(6)7(9)10;;;;;/h1-4,8H,(H,9,10);;4*1H2. The van der Waals surface area contributed by atoms with E-state index in [1.54, 1.807) is 12.1 Å². The third-order valence-electron chi connectivity index (χ3n) is 1.13. The molecule has 10 N–H and O–H groups in total. The van der Waals surface area contributed by atoms with Crippen LogP contribution in [0.4, 0.5) is 0 Å². The SMILES string of the molecule is O.O.O.O.O=C(O)c1ccccc1O.[Cu]. The fourth-order valence-corrected chi connectivity index (χ4v) is 0.654. The van der Waals surface area contributed by atoms with E-state index in [4.69, 9.17) is 10.2 Å². The molecule has 0 aliphatic carbocycles. The number of benzene rings is 1. The molecule has 0 amide bonds. The van der Waals surface area contributed by atoms with Gasteiger partial charge in [0.2, 0.25) is 0 Å². The van der Waals surface area contributed by atoms with Gasteiger partial charge in [0.25, 0.3) is 0 Å². The van der Waals surface area contributed by atoms with Crippen molar-refractivity contribution in [1.82, 2.24) is 0 Å². The fraction of sp³-hybridized carbons (Fsp3) is 0. The van der Waals surface area contributed by atoms with E-state index < -0.39 is 5.97 Å². The average molecular weight is 274 g/mol. The van der Waals surface area contributed by atoms with Gasteiger partial charge in [-0.2, -0.15) is 0 Å². The number of carboxylic acid groups (broad SMARTS) is 1. The number of phenols is 1. The van der Waals surface area contributed by atoms with E-state index in [1.165, 1.54) is 12.1 Å². The van der Waals surface area contributed by atoms with Crippen LogP contribution in [-0.4, -0.2) is 38.1 Å². The topological polar surface area (TPSA) is 184 Å². The Hall–Kier alpha value is -1.15. The number of hydrogen-bond donors (Lipinski definition) is 2. The van der Waals surface area contributed by atoms with Crippen molar-refractivity contribution in [2.75, 3.05) is 0 Å². The molecule has 0 bridgehead atoms. The van der Waals surface area contributed by atoms with E-state index in [0.29, 0.717) is 0 Å². The summed E-state index contributed by atoms with van der Waals surface area (Å²) in [5, 5.41) is 17.3. The molecular weight excluding hydrogens is 260 g/mol. The Labute approximate surface area is 96.1 Å². The minimum Gasteiger partial charge on any atom is -0.507 e. The van der Waals surface area contributed by atoms with Gasteiger partial charge in [-0.1, -0.05) is 12.1 Å². The number of aromatic hydroxyl groups is 1. The van der Waals surface area contributed by atoms with Crippen LogP contribution in [-0.2, 0) is 17.1 Å². The summed E-state index contributed by atoms with van der Waals surface area (Å²) in [6.07, 6.45) is 0. The number of hydrogen-bond acceptors (Lipinski definition) is 2. The van der Waals surface area contributed by atoms with Crippen molar-refractivity contribution in [3.05, 3.63) is 29.8 Å². The van der Waals surface area contributed by atoms with Gasteiger partial charge in [0.15, 0.2) is 0 Å². The first-order chi connectivity index (χ1) is 4.72. The van der Waals surface area contributed by atoms with E-state index in [-0.39, 0.29) is 50.3 Å². The van der Waals surface area contributed by atoms with E-state index in [2.05, 4.69) is 0 Å². The predicted molar refractivity (Wildman–Crippen MR) is 49.5 cm³/mol. The molecule has 1 aromatic carbocycles. The van der Waals surface area contributed by atoms with E-state index in [1.807, 2.05) is 0 Å². The summed E-state index contributed by atoms with van der Waals surface area (Å²) in [5.41, 5.74) is -0.0671. The zero-order chi connectivity index (χ0) is 7.56. The van der Waals surface area contributed by atoms with Crippen molar-refractivity contribution in [3.63, 3.8) is 0 Å². The molecule has 0 atom stereocenters. The van der Waals surface area contributed by atoms with Crippen molar-refractivity contribution < 1.29 is 54.0 Å². The van der Waals surface area contributed by atoms with Gasteiger partial charge in [0, 0.05) is 17.1 Å². The first-order valence-corrected chi connectivity index (χ1v) is 2.73. The molecule has 8 heteroatoms. The summed E-state index contributed by atoms with van der Waals surface area (Å²) in [7, 11) is 0. The molecule has 0 aromatic heterocycles. The van der Waals surface area contributed by atoms with Crippen molar-refractivity contribution >= 4 is 5.97 Å². The van der Waals surface area contributed by atoms with Crippen molar-refractivity contribution in [2.24, 2.45) is 0 Å². The second-order valence-corrected chi connectivity index (χ2v) is 1.82. The minimum atomic E-state index is -1.11. The third-order valence-corrected chi connectivity index (χ3v) is 1.13. The van der Waals surface area contributed by atoms with Gasteiger partial charge in [-0.3, -0.25) is 0 Å². The van der Waals surface area contributed by atoms with Crippen LogP contribution < -0.4 is 0 Å². The summed E-state index contributed by atoms with van der Waals surface area (Å²) in [6.45, 7) is 0. The van der Waals surface area contributed by atoms with Crippen LogP contribution in [0.3, 0.4) is 0 Å². The maximum Gasteiger partial charge on any atom is 0.339 e. The summed E-state index contributed by atoms with van der Waals surface area (Å²) in [4.78, 5) is 10.3. The summed E-state index contributed by atoms with van der Waals surface area (Å²) >= 11 is 0. The van der Waals surface area contributed by atoms with E-state index in [0.717, 1.165) is 0 Å². The van der Waals surface area contributed by atoms with E-state index in [9.17, 15) is 4.79 Å². The molecule has 0 heterocycles. The van der Waals surface area contributed by atoms with Gasteiger partial charge in [0.1, 0.15) is 11.3 Å². The smallest absolute Gasteiger partial charge is 0.339 e. The predicted octanol–water partition coefficient (Wildman–Crippen LogP) is -2.21. The molecular formula is C7H14CuO7. The van der Waals surface area contributed by atoms with Gasteiger partial charge in [-0.05, 0) is 12.1 Å². The zero-order valence-electron chi connectivity index (χ0n) is 7.41. The van der Waals surface area contributed by atoms with Crippen LogP contribution in [0.5, 0.6) is 5.75 Å². The Morgan fingerprint density at radius 2 is 1.40 bits per heavy atom. The van der Waals surface area contributed by atoms with Gasteiger partial charge in [-0.25, -0.2) is 4.79 Å². The molecule has 0 saturated carbocycles. The monoisotopic (exact) mass is 273 g/mol. The number of carbonyl (C=O) groups is 1. The van der Waals surface area contributed by atoms with Crippen LogP contribution in [0.2, 0.25) is 0 Å². The Morgan fingerprint density at radius 1 is 1.00 bits per heavy atom. The molecule has 1 rings (SSSR count). The van der Waals surface area contributed by atoms with Crippen molar-refractivity contribution in [1.29, 1.82) is 0 Å². The largest absolute Gasteiger partial charge is 0.507 e. The maximum atomic E-state index is 10.3. The van der Waals surface area contributed by atoms with Crippen molar-refractivity contribution in [3.8, 4) is 5.75 Å². The third kappa shape index (κ3) is 7.89. The van der Waals surface area contributed by atoms with Crippen LogP contribution in [0.1, 0.15) is 10.4 Å². The zero-order valence-corrected chi connectivity index (χ0v) is 8.36. The Kier molecular flexibility index (Phi) is 25.0. The van der Waals surface area contributed by atoms with Crippen molar-refractivity contribution in [2.45, 2.75) is 0 Å². The van der Waals surface area contributed by atoms with Crippen LogP contribution in [0.15, 0.2) is 24.3 Å². The van der Waals surface area contributed by atoms with Crippen LogP contribution in [0.25, 0.3) is 0 Å². The Morgan fingerprint density at radius 3 is 1.67 bits per heavy atom. The number of aromatic carboxylic acids is 1. The second kappa shape index (κ2) is 12.8. The first kappa shape index (κ1) is 29.2. The number of para-hydroxylation sites is 1. The van der Waals surface area contributed by atoms with Gasteiger partial charge >= 0.3 is 5.97 Å². The molecule has 7 nitrogen and oxygen atoms in total. The minimum absolute atomic E-state index is 0. The summed E-state index contributed by atoms with van der Waals surface area (Å²) < 4.78 is 0.